The second kappa shape index (κ2) is 5.71. The molecular weight excluding hydrogens is 240 g/mol. The molecule has 1 unspecified atom stereocenters. The fraction of sp³-hybridized carbons (Fsp3) is 0.267. The first-order valence-corrected chi connectivity index (χ1v) is 6.18. The van der Waals surface area contributed by atoms with Crippen molar-refractivity contribution in [3.63, 3.8) is 0 Å². The van der Waals surface area contributed by atoms with Crippen LogP contribution in [0.5, 0.6) is 0 Å². The molecule has 2 aromatic rings. The normalized spacial score (nSPS) is 12.2. The van der Waals surface area contributed by atoms with Gasteiger partial charge in [-0.3, -0.25) is 4.79 Å². The summed E-state index contributed by atoms with van der Waals surface area (Å²) in [5, 5.41) is 0. The summed E-state index contributed by atoms with van der Waals surface area (Å²) in [6.45, 7) is 2.05. The van der Waals surface area contributed by atoms with Gasteiger partial charge in [-0.25, -0.2) is 0 Å². The molecule has 0 spiro atoms. The topological polar surface area (TPSA) is 57.2 Å². The van der Waals surface area contributed by atoms with Gasteiger partial charge in [-0.1, -0.05) is 17.7 Å². The Hall–Kier alpha value is -2.07. The minimum Gasteiger partial charge on any atom is -0.468 e. The molecule has 0 fully saturated rings. The van der Waals surface area contributed by atoms with E-state index in [0.717, 1.165) is 11.4 Å². The van der Waals surface area contributed by atoms with Crippen LogP contribution >= 0.6 is 0 Å². The number of carbonyl (C=O) groups excluding carboxylic acids is 1. The summed E-state index contributed by atoms with van der Waals surface area (Å²) in [7, 11) is 1.35. The molecule has 0 aliphatic carbocycles. The average Bonchev–Trinajstić information content (AvgIpc) is 2.86. The summed E-state index contributed by atoms with van der Waals surface area (Å²) in [5.41, 5.74) is 9.06. The van der Waals surface area contributed by atoms with Gasteiger partial charge in [-0.05, 0) is 31.2 Å². The molecule has 0 saturated heterocycles. The van der Waals surface area contributed by atoms with Crippen molar-refractivity contribution in [2.24, 2.45) is 5.73 Å². The van der Waals surface area contributed by atoms with Crippen molar-refractivity contribution in [1.82, 2.24) is 4.57 Å². The molecule has 1 aromatic heterocycles. The van der Waals surface area contributed by atoms with Crippen LogP contribution in [0.3, 0.4) is 0 Å². The summed E-state index contributed by atoms with van der Waals surface area (Å²) in [6.07, 6.45) is 2.41. The number of hydrogen-bond acceptors (Lipinski definition) is 3. The minimum absolute atomic E-state index is 0.392. The first-order chi connectivity index (χ1) is 9.11. The van der Waals surface area contributed by atoms with Gasteiger partial charge in [0.15, 0.2) is 0 Å². The first kappa shape index (κ1) is 13.4. The maximum absolute atomic E-state index is 11.4. The zero-order chi connectivity index (χ0) is 13.8. The van der Waals surface area contributed by atoms with Gasteiger partial charge in [-0.15, -0.1) is 0 Å². The molecule has 0 amide bonds. The molecule has 0 aliphatic rings. The third-order valence-corrected chi connectivity index (χ3v) is 3.08. The highest BCUT2D eigenvalue weighted by molar-refractivity contribution is 5.75. The summed E-state index contributed by atoms with van der Waals surface area (Å²) in [5.74, 6) is -0.392. The van der Waals surface area contributed by atoms with E-state index in [4.69, 9.17) is 5.73 Å². The molecule has 0 radical (unpaired) electrons. The van der Waals surface area contributed by atoms with Crippen LogP contribution < -0.4 is 5.73 Å². The van der Waals surface area contributed by atoms with E-state index in [0.29, 0.717) is 6.42 Å². The summed E-state index contributed by atoms with van der Waals surface area (Å²) in [4.78, 5) is 11.4. The Kier molecular flexibility index (Phi) is 4.02. The van der Waals surface area contributed by atoms with Crippen molar-refractivity contribution >= 4 is 5.97 Å². The van der Waals surface area contributed by atoms with Gasteiger partial charge in [0.05, 0.1) is 7.11 Å². The fourth-order valence-electron chi connectivity index (χ4n) is 2.00. The zero-order valence-corrected chi connectivity index (χ0v) is 11.2. The largest absolute Gasteiger partial charge is 0.468 e. The van der Waals surface area contributed by atoms with Crippen LogP contribution in [-0.4, -0.2) is 23.7 Å². The maximum atomic E-state index is 11.4. The van der Waals surface area contributed by atoms with Gasteiger partial charge in [0.2, 0.25) is 0 Å². The monoisotopic (exact) mass is 258 g/mol. The average molecular weight is 258 g/mol. The van der Waals surface area contributed by atoms with Crippen LogP contribution in [0.2, 0.25) is 0 Å². The molecule has 0 saturated carbocycles. The predicted molar refractivity (Wildman–Crippen MR) is 74.2 cm³/mol. The Morgan fingerprint density at radius 3 is 2.63 bits per heavy atom. The second-order valence-electron chi connectivity index (χ2n) is 4.54. The third-order valence-electron chi connectivity index (χ3n) is 3.08. The fourth-order valence-corrected chi connectivity index (χ4v) is 2.00. The first-order valence-electron chi connectivity index (χ1n) is 6.18. The lowest BCUT2D eigenvalue weighted by Crippen LogP contribution is -2.34. The van der Waals surface area contributed by atoms with E-state index in [1.807, 2.05) is 42.0 Å². The third kappa shape index (κ3) is 3.03. The molecule has 100 valence electrons. The van der Waals surface area contributed by atoms with E-state index >= 15 is 0 Å². The molecular formula is C15H18N2O2. The zero-order valence-electron chi connectivity index (χ0n) is 11.2. The summed E-state index contributed by atoms with van der Waals surface area (Å²) < 4.78 is 6.68. The van der Waals surface area contributed by atoms with Crippen molar-refractivity contribution in [3.8, 4) is 5.69 Å². The van der Waals surface area contributed by atoms with Crippen molar-refractivity contribution in [1.29, 1.82) is 0 Å². The minimum atomic E-state index is -0.635. The second-order valence-corrected chi connectivity index (χ2v) is 4.54. The number of esters is 1. The molecule has 4 heteroatoms. The smallest absolute Gasteiger partial charge is 0.323 e. The van der Waals surface area contributed by atoms with E-state index in [1.165, 1.54) is 12.7 Å². The Morgan fingerprint density at radius 1 is 1.32 bits per heavy atom. The lowest BCUT2D eigenvalue weighted by atomic mass is 10.1. The highest BCUT2D eigenvalue weighted by atomic mass is 16.5. The van der Waals surface area contributed by atoms with Gasteiger partial charge in [0.1, 0.15) is 6.04 Å². The van der Waals surface area contributed by atoms with E-state index in [-0.39, 0.29) is 0 Å². The molecule has 4 nitrogen and oxygen atoms in total. The predicted octanol–water partition coefficient (Wildman–Crippen LogP) is 1.83. The van der Waals surface area contributed by atoms with Gasteiger partial charge in [-0.2, -0.15) is 0 Å². The molecule has 0 bridgehead atoms. The van der Waals surface area contributed by atoms with Crippen LogP contribution in [0.25, 0.3) is 5.69 Å². The number of rotatable bonds is 4. The Morgan fingerprint density at radius 2 is 2.00 bits per heavy atom. The van der Waals surface area contributed by atoms with Gasteiger partial charge in [0, 0.05) is 24.0 Å². The quantitative estimate of drug-likeness (QED) is 0.851. The van der Waals surface area contributed by atoms with E-state index in [1.54, 1.807) is 0 Å². The maximum Gasteiger partial charge on any atom is 0.323 e. The molecule has 2 N–H and O–H groups in total. The van der Waals surface area contributed by atoms with E-state index in [9.17, 15) is 4.79 Å². The summed E-state index contributed by atoms with van der Waals surface area (Å²) >= 11 is 0. The van der Waals surface area contributed by atoms with Crippen LogP contribution in [-0.2, 0) is 16.0 Å². The number of nitrogens with zero attached hydrogens (tertiary/aromatic N) is 1. The molecule has 2 rings (SSSR count). The van der Waals surface area contributed by atoms with Gasteiger partial charge < -0.3 is 15.0 Å². The van der Waals surface area contributed by atoms with Gasteiger partial charge >= 0.3 is 5.97 Å². The number of aromatic nitrogens is 1. The van der Waals surface area contributed by atoms with Crippen LogP contribution in [0, 0.1) is 6.92 Å². The standard InChI is InChI=1S/C15H18N2O2/c1-11-5-7-12(8-6-11)17-9-3-4-13(17)10-14(16)15(18)19-2/h3-9,14H,10,16H2,1-2H3. The van der Waals surface area contributed by atoms with Crippen molar-refractivity contribution in [2.75, 3.05) is 7.11 Å². The highest BCUT2D eigenvalue weighted by Crippen LogP contribution is 2.15. The Labute approximate surface area is 112 Å². The Balaban J connectivity index is 2.22. The van der Waals surface area contributed by atoms with Crippen molar-refractivity contribution in [3.05, 3.63) is 53.9 Å². The number of aryl methyl sites for hydroxylation is 1. The van der Waals surface area contributed by atoms with Crippen molar-refractivity contribution in [2.45, 2.75) is 19.4 Å². The number of nitrogens with two attached hydrogens (primary N) is 1. The van der Waals surface area contributed by atoms with E-state index < -0.39 is 12.0 Å². The molecule has 0 aliphatic heterocycles. The molecule has 1 aromatic carbocycles. The van der Waals surface area contributed by atoms with E-state index in [2.05, 4.69) is 16.9 Å². The lowest BCUT2D eigenvalue weighted by molar-refractivity contribution is -0.142. The summed E-state index contributed by atoms with van der Waals surface area (Å²) in [6, 6.07) is 11.5. The number of benzene rings is 1. The number of methoxy groups -OCH3 is 1. The van der Waals surface area contributed by atoms with Crippen molar-refractivity contribution < 1.29 is 9.53 Å². The SMILES string of the molecule is COC(=O)C(N)Cc1cccn1-c1ccc(C)cc1. The van der Waals surface area contributed by atoms with Crippen LogP contribution in [0.1, 0.15) is 11.3 Å². The molecule has 1 heterocycles. The van der Waals surface area contributed by atoms with Crippen LogP contribution in [0.15, 0.2) is 42.6 Å². The molecule has 1 atom stereocenters. The lowest BCUT2D eigenvalue weighted by Gasteiger charge is -2.13. The highest BCUT2D eigenvalue weighted by Gasteiger charge is 2.16. The Bertz CT molecular complexity index is 558. The number of ether oxygens (including phenoxy) is 1. The number of hydrogen-bond donors (Lipinski definition) is 1. The van der Waals surface area contributed by atoms with Crippen LogP contribution in [0.4, 0.5) is 0 Å². The van der Waals surface area contributed by atoms with Gasteiger partial charge in [0.25, 0.3) is 0 Å². The molecule has 19 heavy (non-hydrogen) atoms. The number of carbonyl (C=O) groups is 1.